The van der Waals surface area contributed by atoms with E-state index in [2.05, 4.69) is 15.3 Å². The van der Waals surface area contributed by atoms with Crippen molar-refractivity contribution in [2.75, 3.05) is 25.9 Å². The van der Waals surface area contributed by atoms with Crippen LogP contribution in [0.25, 0.3) is 0 Å². The highest BCUT2D eigenvalue weighted by Gasteiger charge is 2.40. The standard InChI is InChI=1S/C19H30N4O3S/c1-19(2)14-23(11-12-27(19,24)25)18(20-3)22-13-15-7-6-10-21-17(15)26-16-8-4-5-9-16/h6-7,10,16H,4-5,8-9,11-14H2,1-3H3,(H,20,22). The van der Waals surface area contributed by atoms with Crippen LogP contribution in [-0.2, 0) is 16.4 Å². The molecule has 0 bridgehead atoms. The van der Waals surface area contributed by atoms with Crippen molar-refractivity contribution in [1.29, 1.82) is 0 Å². The summed E-state index contributed by atoms with van der Waals surface area (Å²) in [5.41, 5.74) is 0.981. The molecule has 27 heavy (non-hydrogen) atoms. The van der Waals surface area contributed by atoms with E-state index in [4.69, 9.17) is 4.74 Å². The van der Waals surface area contributed by atoms with Gasteiger partial charge in [-0.3, -0.25) is 4.99 Å². The molecule has 1 saturated heterocycles. The normalized spacial score (nSPS) is 22.6. The lowest BCUT2D eigenvalue weighted by molar-refractivity contribution is 0.199. The van der Waals surface area contributed by atoms with Gasteiger partial charge in [-0.05, 0) is 45.6 Å². The van der Waals surface area contributed by atoms with Gasteiger partial charge in [0.2, 0.25) is 5.88 Å². The number of guanidine groups is 1. The minimum atomic E-state index is -3.08. The second-order valence-corrected chi connectivity index (χ2v) is 10.6. The maximum Gasteiger partial charge on any atom is 0.218 e. The predicted molar refractivity (Wildman–Crippen MR) is 107 cm³/mol. The fourth-order valence-electron chi connectivity index (χ4n) is 3.66. The van der Waals surface area contributed by atoms with Crippen LogP contribution in [0.2, 0.25) is 0 Å². The van der Waals surface area contributed by atoms with Gasteiger partial charge in [-0.1, -0.05) is 6.07 Å². The van der Waals surface area contributed by atoms with Gasteiger partial charge >= 0.3 is 0 Å². The third-order valence-corrected chi connectivity index (χ3v) is 7.96. The molecule has 1 aromatic rings. The molecule has 0 atom stereocenters. The third-order valence-electron chi connectivity index (χ3n) is 5.42. The van der Waals surface area contributed by atoms with Crippen LogP contribution in [0, 0.1) is 0 Å². The van der Waals surface area contributed by atoms with Gasteiger partial charge in [-0.15, -0.1) is 0 Å². The van der Waals surface area contributed by atoms with Gasteiger partial charge in [0.15, 0.2) is 15.8 Å². The maximum atomic E-state index is 12.2. The maximum absolute atomic E-state index is 12.2. The second-order valence-electron chi connectivity index (χ2n) is 7.89. The Balaban J connectivity index is 1.65. The van der Waals surface area contributed by atoms with Crippen molar-refractivity contribution in [3.8, 4) is 5.88 Å². The van der Waals surface area contributed by atoms with Crippen molar-refractivity contribution in [2.45, 2.75) is 56.9 Å². The lowest BCUT2D eigenvalue weighted by Gasteiger charge is -2.39. The van der Waals surface area contributed by atoms with Gasteiger partial charge in [-0.25, -0.2) is 13.4 Å². The summed E-state index contributed by atoms with van der Waals surface area (Å²) < 4.78 is 29.8. The Morgan fingerprint density at radius 1 is 1.41 bits per heavy atom. The van der Waals surface area contributed by atoms with E-state index in [0.717, 1.165) is 18.4 Å². The van der Waals surface area contributed by atoms with Crippen LogP contribution in [0.5, 0.6) is 5.88 Å². The average molecular weight is 395 g/mol. The monoisotopic (exact) mass is 394 g/mol. The highest BCUT2D eigenvalue weighted by molar-refractivity contribution is 7.92. The van der Waals surface area contributed by atoms with Crippen LogP contribution in [0.1, 0.15) is 45.1 Å². The number of aliphatic imine (C=N–C) groups is 1. The van der Waals surface area contributed by atoms with E-state index in [9.17, 15) is 8.42 Å². The molecule has 0 radical (unpaired) electrons. The number of hydrogen-bond donors (Lipinski definition) is 1. The number of nitrogens with zero attached hydrogens (tertiary/aromatic N) is 3. The number of ether oxygens (including phenoxy) is 1. The zero-order valence-electron chi connectivity index (χ0n) is 16.4. The zero-order valence-corrected chi connectivity index (χ0v) is 17.3. The summed E-state index contributed by atoms with van der Waals surface area (Å²) in [4.78, 5) is 10.8. The first-order valence-electron chi connectivity index (χ1n) is 9.61. The van der Waals surface area contributed by atoms with Gasteiger partial charge in [0.05, 0.1) is 10.5 Å². The molecular weight excluding hydrogens is 364 g/mol. The van der Waals surface area contributed by atoms with E-state index >= 15 is 0 Å². The molecule has 0 unspecified atom stereocenters. The van der Waals surface area contributed by atoms with Gasteiger partial charge in [0, 0.05) is 38.4 Å². The molecule has 1 aromatic heterocycles. The van der Waals surface area contributed by atoms with Gasteiger partial charge < -0.3 is 15.0 Å². The molecule has 2 heterocycles. The molecule has 150 valence electrons. The lowest BCUT2D eigenvalue weighted by atomic mass is 10.2. The SMILES string of the molecule is CN=C(NCc1cccnc1OC1CCCC1)N1CCS(=O)(=O)C(C)(C)C1. The number of rotatable bonds is 4. The Kier molecular flexibility index (Phi) is 5.93. The fraction of sp³-hybridized carbons (Fsp3) is 0.684. The summed E-state index contributed by atoms with van der Waals surface area (Å²) in [5, 5.41) is 3.35. The van der Waals surface area contributed by atoms with E-state index in [-0.39, 0.29) is 11.9 Å². The topological polar surface area (TPSA) is 83.9 Å². The first kappa shape index (κ1) is 19.9. The molecule has 8 heteroatoms. The molecule has 7 nitrogen and oxygen atoms in total. The number of pyridine rings is 1. The summed E-state index contributed by atoms with van der Waals surface area (Å²) >= 11 is 0. The van der Waals surface area contributed by atoms with Crippen LogP contribution in [0.4, 0.5) is 0 Å². The molecule has 3 rings (SSSR count). The van der Waals surface area contributed by atoms with Crippen LogP contribution in [0.3, 0.4) is 0 Å². The highest BCUT2D eigenvalue weighted by Crippen LogP contribution is 2.26. The Hall–Kier alpha value is -1.83. The van der Waals surface area contributed by atoms with Crippen molar-refractivity contribution in [2.24, 2.45) is 4.99 Å². The molecule has 1 aliphatic carbocycles. The number of aromatic nitrogens is 1. The molecule has 0 amide bonds. The molecule has 1 saturated carbocycles. The van der Waals surface area contributed by atoms with Gasteiger partial charge in [0.25, 0.3) is 0 Å². The molecule has 0 aromatic carbocycles. The van der Waals surface area contributed by atoms with Crippen molar-refractivity contribution in [1.82, 2.24) is 15.2 Å². The Morgan fingerprint density at radius 3 is 2.81 bits per heavy atom. The minimum absolute atomic E-state index is 0.142. The van der Waals surface area contributed by atoms with Gasteiger partial charge in [-0.2, -0.15) is 0 Å². The molecule has 2 aliphatic rings. The van der Waals surface area contributed by atoms with Gasteiger partial charge in [0.1, 0.15) is 6.10 Å². The van der Waals surface area contributed by atoms with Crippen LogP contribution >= 0.6 is 0 Å². The predicted octanol–water partition coefficient (Wildman–Crippen LogP) is 1.99. The highest BCUT2D eigenvalue weighted by atomic mass is 32.2. The fourth-order valence-corrected chi connectivity index (χ4v) is 5.03. The van der Waals surface area contributed by atoms with E-state index < -0.39 is 14.6 Å². The van der Waals surface area contributed by atoms with Crippen LogP contribution in [0.15, 0.2) is 23.3 Å². The Bertz CT molecular complexity index is 786. The number of sulfone groups is 1. The second kappa shape index (κ2) is 8.04. The molecule has 2 fully saturated rings. The van der Waals surface area contributed by atoms with E-state index in [1.807, 2.05) is 17.0 Å². The smallest absolute Gasteiger partial charge is 0.218 e. The van der Waals surface area contributed by atoms with E-state index in [1.54, 1.807) is 27.1 Å². The lowest BCUT2D eigenvalue weighted by Crippen LogP contribution is -2.57. The van der Waals surface area contributed by atoms with Crippen molar-refractivity contribution in [3.63, 3.8) is 0 Å². The third kappa shape index (κ3) is 4.54. The van der Waals surface area contributed by atoms with Crippen LogP contribution < -0.4 is 10.1 Å². The summed E-state index contributed by atoms with van der Waals surface area (Å²) in [7, 11) is -1.36. The quantitative estimate of drug-likeness (QED) is 0.621. The van der Waals surface area contributed by atoms with E-state index in [1.165, 1.54) is 12.8 Å². The summed E-state index contributed by atoms with van der Waals surface area (Å²) in [6, 6.07) is 3.90. The first-order valence-corrected chi connectivity index (χ1v) is 11.3. The molecule has 0 spiro atoms. The van der Waals surface area contributed by atoms with Crippen molar-refractivity contribution in [3.05, 3.63) is 23.9 Å². The Labute approximate surface area is 162 Å². The number of hydrogen-bond acceptors (Lipinski definition) is 5. The van der Waals surface area contributed by atoms with Crippen molar-refractivity contribution >= 4 is 15.8 Å². The first-order chi connectivity index (χ1) is 12.8. The summed E-state index contributed by atoms with van der Waals surface area (Å²) in [5.74, 6) is 1.52. The molecule has 1 N–H and O–H groups in total. The Morgan fingerprint density at radius 2 is 2.15 bits per heavy atom. The molecule has 1 aliphatic heterocycles. The largest absolute Gasteiger partial charge is 0.474 e. The zero-order chi connectivity index (χ0) is 19.5. The summed E-state index contributed by atoms with van der Waals surface area (Å²) in [6.07, 6.45) is 6.61. The molecular formula is C19H30N4O3S. The van der Waals surface area contributed by atoms with E-state index in [0.29, 0.717) is 31.5 Å². The average Bonchev–Trinajstić information content (AvgIpc) is 3.13. The minimum Gasteiger partial charge on any atom is -0.474 e. The van der Waals surface area contributed by atoms with Crippen molar-refractivity contribution < 1.29 is 13.2 Å². The van der Waals surface area contributed by atoms with Crippen LogP contribution in [-0.4, -0.2) is 61.0 Å². The summed E-state index contributed by atoms with van der Waals surface area (Å²) in [6.45, 7) is 4.95. The number of nitrogens with one attached hydrogen (secondary N) is 1.